The van der Waals surface area contributed by atoms with Gasteiger partial charge in [-0.15, -0.1) is 0 Å². The highest BCUT2D eigenvalue weighted by Crippen LogP contribution is 2.27. The Morgan fingerprint density at radius 1 is 1.27 bits per heavy atom. The molecule has 0 radical (unpaired) electrons. The Bertz CT molecular complexity index is 477. The molecule has 0 aliphatic rings. The molecule has 0 fully saturated rings. The number of halogens is 2. The fourth-order valence-electron chi connectivity index (χ4n) is 1.46. The van der Waals surface area contributed by atoms with Crippen LogP contribution >= 0.6 is 23.2 Å². The van der Waals surface area contributed by atoms with Crippen LogP contribution in [0.4, 0.5) is 0 Å². The molecule has 1 aromatic carbocycles. The normalized spacial score (nSPS) is 10.6. The van der Waals surface area contributed by atoms with Gasteiger partial charge in [0.2, 0.25) is 0 Å². The van der Waals surface area contributed by atoms with E-state index in [1.807, 2.05) is 18.3 Å². The van der Waals surface area contributed by atoms with Gasteiger partial charge < -0.3 is 4.57 Å². The maximum atomic E-state index is 5.96. The number of nitrogens with zero attached hydrogens (tertiary/aromatic N) is 2. The first-order valence-corrected chi connectivity index (χ1v) is 5.44. The molecular formula is C11H10Cl2N2. The Kier molecular flexibility index (Phi) is 2.98. The molecule has 1 aromatic heterocycles. The van der Waals surface area contributed by atoms with Crippen molar-refractivity contribution in [1.29, 1.82) is 0 Å². The van der Waals surface area contributed by atoms with Crippen LogP contribution in [0.15, 0.2) is 30.6 Å². The lowest BCUT2D eigenvalue weighted by atomic mass is 10.2. The first-order chi connectivity index (χ1) is 7.22. The molecule has 0 spiro atoms. The van der Waals surface area contributed by atoms with Gasteiger partial charge in [-0.3, -0.25) is 0 Å². The largest absolute Gasteiger partial charge is 0.331 e. The zero-order valence-corrected chi connectivity index (χ0v) is 9.76. The smallest absolute Gasteiger partial charge is 0.139 e. The molecule has 2 rings (SSSR count). The van der Waals surface area contributed by atoms with Gasteiger partial charge in [0.1, 0.15) is 5.82 Å². The molecule has 0 atom stereocenters. The molecule has 0 saturated heterocycles. The average molecular weight is 241 g/mol. The van der Waals surface area contributed by atoms with Crippen LogP contribution in [0.5, 0.6) is 0 Å². The number of hydrogen-bond acceptors (Lipinski definition) is 1. The van der Waals surface area contributed by atoms with Gasteiger partial charge in [0.05, 0.1) is 10.0 Å². The third-order valence-corrected chi connectivity index (χ3v) is 2.97. The van der Waals surface area contributed by atoms with Crippen molar-refractivity contribution in [3.8, 4) is 11.4 Å². The lowest BCUT2D eigenvalue weighted by molar-refractivity contribution is 0.771. The molecule has 0 aliphatic heterocycles. The van der Waals surface area contributed by atoms with E-state index in [0.717, 1.165) is 17.9 Å². The molecule has 15 heavy (non-hydrogen) atoms. The molecule has 0 N–H and O–H groups in total. The van der Waals surface area contributed by atoms with Gasteiger partial charge in [-0.2, -0.15) is 0 Å². The highest BCUT2D eigenvalue weighted by Gasteiger charge is 2.06. The molecule has 0 amide bonds. The van der Waals surface area contributed by atoms with Crippen molar-refractivity contribution >= 4 is 23.2 Å². The highest BCUT2D eigenvalue weighted by molar-refractivity contribution is 6.42. The number of benzene rings is 1. The zero-order chi connectivity index (χ0) is 10.8. The third-order valence-electron chi connectivity index (χ3n) is 2.23. The summed E-state index contributed by atoms with van der Waals surface area (Å²) in [5.74, 6) is 0.913. The maximum Gasteiger partial charge on any atom is 0.139 e. The minimum atomic E-state index is 0.555. The number of aromatic nitrogens is 2. The number of imidazole rings is 1. The van der Waals surface area contributed by atoms with Gasteiger partial charge in [0.15, 0.2) is 0 Å². The van der Waals surface area contributed by atoms with Crippen LogP contribution in [0, 0.1) is 0 Å². The molecule has 0 bridgehead atoms. The van der Waals surface area contributed by atoms with E-state index < -0.39 is 0 Å². The fourth-order valence-corrected chi connectivity index (χ4v) is 1.76. The van der Waals surface area contributed by atoms with Crippen molar-refractivity contribution in [2.75, 3.05) is 0 Å². The number of hydrogen-bond donors (Lipinski definition) is 0. The van der Waals surface area contributed by atoms with Crippen LogP contribution in [0.25, 0.3) is 11.4 Å². The number of rotatable bonds is 2. The first kappa shape index (κ1) is 10.5. The lowest BCUT2D eigenvalue weighted by Crippen LogP contribution is -1.95. The second-order valence-corrected chi connectivity index (χ2v) is 3.98. The van der Waals surface area contributed by atoms with Gasteiger partial charge in [-0.1, -0.05) is 23.2 Å². The highest BCUT2D eigenvalue weighted by atomic mass is 35.5. The van der Waals surface area contributed by atoms with E-state index in [1.165, 1.54) is 0 Å². The summed E-state index contributed by atoms with van der Waals surface area (Å²) in [4.78, 5) is 4.29. The summed E-state index contributed by atoms with van der Waals surface area (Å²) in [5, 5.41) is 1.12. The standard InChI is InChI=1S/C11H10Cl2N2/c1-2-15-6-5-14-11(15)8-3-4-9(12)10(13)7-8/h3-7H,2H2,1H3. The van der Waals surface area contributed by atoms with Gasteiger partial charge >= 0.3 is 0 Å². The van der Waals surface area contributed by atoms with Gasteiger partial charge in [0.25, 0.3) is 0 Å². The van der Waals surface area contributed by atoms with Crippen molar-refractivity contribution in [3.63, 3.8) is 0 Å². The van der Waals surface area contributed by atoms with E-state index in [4.69, 9.17) is 23.2 Å². The van der Waals surface area contributed by atoms with Crippen LogP contribution in [0.1, 0.15) is 6.92 Å². The monoisotopic (exact) mass is 240 g/mol. The molecule has 4 heteroatoms. The Hall–Kier alpha value is -0.990. The predicted octanol–water partition coefficient (Wildman–Crippen LogP) is 3.88. The Morgan fingerprint density at radius 2 is 2.07 bits per heavy atom. The lowest BCUT2D eigenvalue weighted by Gasteiger charge is -2.05. The van der Waals surface area contributed by atoms with Crippen LogP contribution < -0.4 is 0 Å². The van der Waals surface area contributed by atoms with E-state index >= 15 is 0 Å². The summed E-state index contributed by atoms with van der Waals surface area (Å²) >= 11 is 11.8. The van der Waals surface area contributed by atoms with Crippen molar-refractivity contribution in [2.24, 2.45) is 0 Å². The zero-order valence-electron chi connectivity index (χ0n) is 8.24. The van der Waals surface area contributed by atoms with E-state index in [1.54, 1.807) is 12.3 Å². The topological polar surface area (TPSA) is 17.8 Å². The second kappa shape index (κ2) is 4.25. The number of aryl methyl sites for hydroxylation is 1. The Balaban J connectivity index is 2.50. The molecule has 0 unspecified atom stereocenters. The van der Waals surface area contributed by atoms with Gasteiger partial charge in [0, 0.05) is 24.5 Å². The quantitative estimate of drug-likeness (QED) is 0.780. The van der Waals surface area contributed by atoms with Crippen molar-refractivity contribution in [2.45, 2.75) is 13.5 Å². The molecule has 78 valence electrons. The Labute approximate surface area is 98.5 Å². The van der Waals surface area contributed by atoms with Crippen LogP contribution in [0.2, 0.25) is 10.0 Å². The predicted molar refractivity (Wildman–Crippen MR) is 63.4 cm³/mol. The minimum Gasteiger partial charge on any atom is -0.331 e. The van der Waals surface area contributed by atoms with Crippen LogP contribution in [-0.4, -0.2) is 9.55 Å². The van der Waals surface area contributed by atoms with Crippen LogP contribution in [-0.2, 0) is 6.54 Å². The summed E-state index contributed by atoms with van der Waals surface area (Å²) in [6.45, 7) is 2.96. The summed E-state index contributed by atoms with van der Waals surface area (Å²) < 4.78 is 2.06. The minimum absolute atomic E-state index is 0.555. The SMILES string of the molecule is CCn1ccnc1-c1ccc(Cl)c(Cl)c1. The van der Waals surface area contributed by atoms with Crippen molar-refractivity contribution in [3.05, 3.63) is 40.6 Å². The van der Waals surface area contributed by atoms with Crippen molar-refractivity contribution in [1.82, 2.24) is 9.55 Å². The summed E-state index contributed by atoms with van der Waals surface area (Å²) in [5.41, 5.74) is 0.983. The summed E-state index contributed by atoms with van der Waals surface area (Å²) in [7, 11) is 0. The third kappa shape index (κ3) is 2.01. The molecule has 2 nitrogen and oxygen atoms in total. The average Bonchev–Trinajstić information content (AvgIpc) is 2.70. The second-order valence-electron chi connectivity index (χ2n) is 3.17. The Morgan fingerprint density at radius 3 is 2.73 bits per heavy atom. The van der Waals surface area contributed by atoms with Gasteiger partial charge in [-0.25, -0.2) is 4.98 Å². The molecule has 0 aliphatic carbocycles. The van der Waals surface area contributed by atoms with E-state index in [2.05, 4.69) is 16.5 Å². The summed E-state index contributed by atoms with van der Waals surface area (Å²) in [6.07, 6.45) is 3.72. The first-order valence-electron chi connectivity index (χ1n) is 4.69. The fraction of sp³-hybridized carbons (Fsp3) is 0.182. The van der Waals surface area contributed by atoms with Gasteiger partial charge in [-0.05, 0) is 25.1 Å². The van der Waals surface area contributed by atoms with E-state index in [9.17, 15) is 0 Å². The van der Waals surface area contributed by atoms with Crippen molar-refractivity contribution < 1.29 is 0 Å². The maximum absolute atomic E-state index is 5.96. The van der Waals surface area contributed by atoms with E-state index in [-0.39, 0.29) is 0 Å². The molecule has 1 heterocycles. The molecule has 2 aromatic rings. The van der Waals surface area contributed by atoms with E-state index in [0.29, 0.717) is 10.0 Å². The van der Waals surface area contributed by atoms with Crippen LogP contribution in [0.3, 0.4) is 0 Å². The summed E-state index contributed by atoms with van der Waals surface area (Å²) in [6, 6.07) is 5.54. The molecule has 0 saturated carbocycles. The molecular weight excluding hydrogens is 231 g/mol.